The van der Waals surface area contributed by atoms with E-state index in [0.29, 0.717) is 0 Å². The molecular formula is C5H16O3Si2. The Morgan fingerprint density at radius 3 is 1.70 bits per heavy atom. The maximum Gasteiger partial charge on any atom is 0.457 e. The highest BCUT2D eigenvalue weighted by Gasteiger charge is 2.31. The first-order chi connectivity index (χ1) is 4.54. The molecule has 10 heavy (non-hydrogen) atoms. The highest BCUT2D eigenvalue weighted by molar-refractivity contribution is 7.05. The van der Waals surface area contributed by atoms with E-state index in [1.165, 1.54) is 0 Å². The maximum atomic E-state index is 5.49. The topological polar surface area (TPSA) is 27.7 Å². The number of hydrogen-bond acceptors (Lipinski definition) is 3. The zero-order valence-electron chi connectivity index (χ0n) is 7.30. The molecular weight excluding hydrogens is 164 g/mol. The van der Waals surface area contributed by atoms with Gasteiger partial charge in [0.05, 0.1) is 0 Å². The molecule has 5 heteroatoms. The van der Waals surface area contributed by atoms with Gasteiger partial charge in [0.1, 0.15) is 9.76 Å². The Labute approximate surface area is 66.3 Å². The molecule has 0 bridgehead atoms. The Bertz CT molecular complexity index is 92.9. The molecule has 3 nitrogen and oxygen atoms in total. The third-order valence-corrected chi connectivity index (χ3v) is 6.73. The molecule has 0 unspecified atom stereocenters. The van der Waals surface area contributed by atoms with Crippen LogP contribution in [0.5, 0.6) is 0 Å². The summed E-state index contributed by atoms with van der Waals surface area (Å²) in [5.74, 6) is 0. The van der Waals surface area contributed by atoms with Gasteiger partial charge in [-0.2, -0.15) is 0 Å². The summed E-state index contributed by atoms with van der Waals surface area (Å²) >= 11 is 0. The fourth-order valence-electron chi connectivity index (χ4n) is 0.608. The lowest BCUT2D eigenvalue weighted by Crippen LogP contribution is -2.46. The SMILES string of the molecule is CO[Si]([SiH3])(OC)OC(C)C. The van der Waals surface area contributed by atoms with Gasteiger partial charge < -0.3 is 13.3 Å². The molecule has 0 aromatic rings. The Kier molecular flexibility index (Phi) is 4.38. The van der Waals surface area contributed by atoms with E-state index in [2.05, 4.69) is 0 Å². The molecule has 0 saturated carbocycles. The van der Waals surface area contributed by atoms with Crippen molar-refractivity contribution in [2.45, 2.75) is 20.0 Å². The molecule has 0 spiro atoms. The minimum Gasteiger partial charge on any atom is -0.380 e. The van der Waals surface area contributed by atoms with Crippen LogP contribution in [0.2, 0.25) is 0 Å². The molecule has 0 rings (SSSR count). The largest absolute Gasteiger partial charge is 0.457 e. The second-order valence-electron chi connectivity index (χ2n) is 2.44. The van der Waals surface area contributed by atoms with Gasteiger partial charge in [0.2, 0.25) is 0 Å². The predicted molar refractivity (Wildman–Crippen MR) is 45.9 cm³/mol. The average Bonchev–Trinajstić information content (AvgIpc) is 1.87. The van der Waals surface area contributed by atoms with Crippen molar-refractivity contribution in [2.24, 2.45) is 0 Å². The van der Waals surface area contributed by atoms with Crippen molar-refractivity contribution in [3.05, 3.63) is 0 Å². The fourth-order valence-corrected chi connectivity index (χ4v) is 3.24. The van der Waals surface area contributed by atoms with Crippen molar-refractivity contribution in [1.82, 2.24) is 0 Å². The van der Waals surface area contributed by atoms with Gasteiger partial charge in [-0.25, -0.2) is 0 Å². The second-order valence-corrected chi connectivity index (χ2v) is 8.89. The highest BCUT2D eigenvalue weighted by Crippen LogP contribution is 2.04. The van der Waals surface area contributed by atoms with E-state index in [0.717, 1.165) is 9.76 Å². The Hall–Kier alpha value is 0.314. The zero-order valence-corrected chi connectivity index (χ0v) is 10.3. The van der Waals surface area contributed by atoms with E-state index >= 15 is 0 Å². The Morgan fingerprint density at radius 2 is 1.60 bits per heavy atom. The quantitative estimate of drug-likeness (QED) is 0.546. The van der Waals surface area contributed by atoms with Crippen LogP contribution in [-0.2, 0) is 13.3 Å². The van der Waals surface area contributed by atoms with Crippen LogP contribution in [0.1, 0.15) is 13.8 Å². The van der Waals surface area contributed by atoms with E-state index in [9.17, 15) is 0 Å². The summed E-state index contributed by atoms with van der Waals surface area (Å²) in [5, 5.41) is 0. The van der Waals surface area contributed by atoms with Crippen molar-refractivity contribution in [3.8, 4) is 0 Å². The number of hydrogen-bond donors (Lipinski definition) is 0. The fraction of sp³-hybridized carbons (Fsp3) is 1.00. The average molecular weight is 180 g/mol. The third kappa shape index (κ3) is 3.47. The molecule has 0 aliphatic carbocycles. The summed E-state index contributed by atoms with van der Waals surface area (Å²) in [6.07, 6.45) is 0.198. The smallest absolute Gasteiger partial charge is 0.380 e. The van der Waals surface area contributed by atoms with Crippen LogP contribution in [0.15, 0.2) is 0 Å². The Morgan fingerprint density at radius 1 is 1.20 bits per heavy atom. The van der Waals surface area contributed by atoms with Crippen LogP contribution in [0.4, 0.5) is 0 Å². The minimum atomic E-state index is -2.12. The van der Waals surface area contributed by atoms with Crippen molar-refractivity contribution in [3.63, 3.8) is 0 Å². The van der Waals surface area contributed by atoms with Gasteiger partial charge >= 0.3 is 8.32 Å². The van der Waals surface area contributed by atoms with Crippen LogP contribution < -0.4 is 0 Å². The van der Waals surface area contributed by atoms with Crippen LogP contribution >= 0.6 is 0 Å². The van der Waals surface area contributed by atoms with Gasteiger partial charge in [0.25, 0.3) is 0 Å². The standard InChI is InChI=1S/C5H16O3Si2/c1-5(2)8-10(9,6-3)7-4/h5H,1-4,9H3. The van der Waals surface area contributed by atoms with Gasteiger partial charge in [-0.05, 0) is 13.8 Å². The van der Waals surface area contributed by atoms with Crippen LogP contribution in [-0.4, -0.2) is 38.4 Å². The highest BCUT2D eigenvalue weighted by atomic mass is 29.2. The van der Waals surface area contributed by atoms with E-state index in [-0.39, 0.29) is 6.10 Å². The summed E-state index contributed by atoms with van der Waals surface area (Å²) in [4.78, 5) is 0. The van der Waals surface area contributed by atoms with Crippen LogP contribution in [0, 0.1) is 0 Å². The van der Waals surface area contributed by atoms with Crippen LogP contribution in [0.25, 0.3) is 0 Å². The van der Waals surface area contributed by atoms with Gasteiger partial charge in [0, 0.05) is 20.3 Å². The first-order valence-corrected chi connectivity index (χ1v) is 8.54. The van der Waals surface area contributed by atoms with E-state index in [1.807, 2.05) is 13.8 Å². The van der Waals surface area contributed by atoms with Gasteiger partial charge in [-0.15, -0.1) is 0 Å². The monoisotopic (exact) mass is 180 g/mol. The van der Waals surface area contributed by atoms with E-state index < -0.39 is 8.32 Å². The zero-order chi connectivity index (χ0) is 8.20. The summed E-state index contributed by atoms with van der Waals surface area (Å²) in [6.45, 7) is 3.97. The summed E-state index contributed by atoms with van der Waals surface area (Å²) in [6, 6.07) is 0. The van der Waals surface area contributed by atoms with Crippen LogP contribution in [0.3, 0.4) is 0 Å². The minimum absolute atomic E-state index is 0.198. The number of rotatable bonds is 4. The molecule has 0 saturated heterocycles. The lowest BCUT2D eigenvalue weighted by Gasteiger charge is -2.24. The molecule has 0 radical (unpaired) electrons. The molecule has 0 aliphatic heterocycles. The van der Waals surface area contributed by atoms with Gasteiger partial charge in [-0.3, -0.25) is 0 Å². The molecule has 0 fully saturated rings. The lowest BCUT2D eigenvalue weighted by atomic mass is 10.5. The Balaban J connectivity index is 3.80. The first kappa shape index (κ1) is 10.3. The van der Waals surface area contributed by atoms with E-state index in [4.69, 9.17) is 13.3 Å². The molecule has 0 amide bonds. The predicted octanol–water partition coefficient (Wildman–Crippen LogP) is -0.495. The van der Waals surface area contributed by atoms with Crippen molar-refractivity contribution in [1.29, 1.82) is 0 Å². The van der Waals surface area contributed by atoms with E-state index in [1.54, 1.807) is 14.2 Å². The maximum absolute atomic E-state index is 5.49. The summed E-state index contributed by atoms with van der Waals surface area (Å²) < 4.78 is 15.8. The molecule has 0 heterocycles. The molecule has 0 aromatic heterocycles. The first-order valence-electron chi connectivity index (χ1n) is 3.32. The van der Waals surface area contributed by atoms with Crippen molar-refractivity contribution >= 4 is 18.1 Å². The normalized spacial score (nSPS) is 12.9. The molecule has 0 atom stereocenters. The van der Waals surface area contributed by atoms with Crippen molar-refractivity contribution < 1.29 is 13.3 Å². The molecule has 0 aromatic carbocycles. The van der Waals surface area contributed by atoms with Crippen molar-refractivity contribution in [2.75, 3.05) is 14.2 Å². The van der Waals surface area contributed by atoms with Gasteiger partial charge in [0.15, 0.2) is 0 Å². The lowest BCUT2D eigenvalue weighted by molar-refractivity contribution is 0.0916. The summed E-state index contributed by atoms with van der Waals surface area (Å²) in [5.41, 5.74) is 0. The molecule has 62 valence electrons. The molecule has 0 aliphatic rings. The summed E-state index contributed by atoms with van der Waals surface area (Å²) in [7, 11) is 2.01. The van der Waals surface area contributed by atoms with Gasteiger partial charge in [-0.1, -0.05) is 0 Å². The molecule has 0 N–H and O–H groups in total. The third-order valence-electron chi connectivity index (χ3n) is 1.19. The second kappa shape index (κ2) is 4.25.